The Morgan fingerprint density at radius 3 is 2.62 bits per heavy atom. The molecule has 1 aliphatic heterocycles. The second-order valence-corrected chi connectivity index (χ2v) is 11.0. The summed E-state index contributed by atoms with van der Waals surface area (Å²) < 4.78 is 8.81. The van der Waals surface area contributed by atoms with Crippen LogP contribution < -0.4 is 10.5 Å². The van der Waals surface area contributed by atoms with Crippen LogP contribution in [0.1, 0.15) is 80.3 Å². The van der Waals surface area contributed by atoms with Gasteiger partial charge in [0.1, 0.15) is 12.4 Å². The van der Waals surface area contributed by atoms with Crippen molar-refractivity contribution < 1.29 is 9.53 Å². The largest absolute Gasteiger partial charge is 0.491 e. The summed E-state index contributed by atoms with van der Waals surface area (Å²) in [4.78, 5) is 17.1. The lowest BCUT2D eigenvalue weighted by Crippen LogP contribution is -2.11. The number of aromatic nitrogens is 1. The van der Waals surface area contributed by atoms with E-state index in [4.69, 9.17) is 15.5 Å². The standard InChI is InChI=1S/C34H39N3O2/c1-6-10-21(2)19-22(3)24(5)36-29-16-15-28-32-31(25-11-8-7-9-12-25)27-14-13-26(34(35)38)20-30(27)37(32)17-18-39-33(28)23(29)4/h6,10,13-16,19-20,25H,1,7-9,11-12,17-18H2,2-5H3,(H2,35,38)/b21-10-,22-19+,36-24?. The molecule has 0 spiro atoms. The molecule has 0 bridgehead atoms. The summed E-state index contributed by atoms with van der Waals surface area (Å²) in [6.07, 6.45) is 12.1. The number of rotatable bonds is 6. The fourth-order valence-corrected chi connectivity index (χ4v) is 6.22. The maximum absolute atomic E-state index is 12.1. The Kier molecular flexibility index (Phi) is 7.60. The van der Waals surface area contributed by atoms with Gasteiger partial charge in [-0.1, -0.05) is 55.7 Å². The lowest BCUT2D eigenvalue weighted by molar-refractivity contribution is 0.100. The summed E-state index contributed by atoms with van der Waals surface area (Å²) in [6.45, 7) is 13.4. The molecule has 5 heteroatoms. The molecule has 2 N–H and O–H groups in total. The molecule has 0 saturated heterocycles. The zero-order chi connectivity index (χ0) is 27.7. The van der Waals surface area contributed by atoms with Gasteiger partial charge in [-0.25, -0.2) is 0 Å². The number of benzene rings is 2. The van der Waals surface area contributed by atoms with Crippen molar-refractivity contribution in [1.82, 2.24) is 4.57 Å². The summed E-state index contributed by atoms with van der Waals surface area (Å²) in [7, 11) is 0. The number of allylic oxidation sites excluding steroid dienone is 5. The second kappa shape index (κ2) is 11.1. The first-order valence-corrected chi connectivity index (χ1v) is 14.1. The first-order chi connectivity index (χ1) is 18.8. The Labute approximate surface area is 231 Å². The topological polar surface area (TPSA) is 69.6 Å². The smallest absolute Gasteiger partial charge is 0.248 e. The number of amides is 1. The van der Waals surface area contributed by atoms with Crippen molar-refractivity contribution in [3.05, 3.63) is 83.0 Å². The monoisotopic (exact) mass is 521 g/mol. The Bertz CT molecular complexity index is 1540. The van der Waals surface area contributed by atoms with Gasteiger partial charge < -0.3 is 15.0 Å². The van der Waals surface area contributed by atoms with Gasteiger partial charge in [-0.3, -0.25) is 9.79 Å². The summed E-state index contributed by atoms with van der Waals surface area (Å²) in [5, 5.41) is 1.23. The van der Waals surface area contributed by atoms with Crippen molar-refractivity contribution in [3.63, 3.8) is 0 Å². The molecule has 1 aliphatic carbocycles. The summed E-state index contributed by atoms with van der Waals surface area (Å²) >= 11 is 0. The van der Waals surface area contributed by atoms with Crippen LogP contribution in [0.5, 0.6) is 5.75 Å². The third-order valence-corrected chi connectivity index (χ3v) is 8.28. The van der Waals surface area contributed by atoms with Crippen LogP contribution in [-0.2, 0) is 6.54 Å². The molecule has 202 valence electrons. The van der Waals surface area contributed by atoms with Crippen LogP contribution in [0, 0.1) is 6.92 Å². The van der Waals surface area contributed by atoms with E-state index in [1.165, 1.54) is 48.7 Å². The van der Waals surface area contributed by atoms with Gasteiger partial charge >= 0.3 is 0 Å². The number of ether oxygens (including phenoxy) is 1. The lowest BCUT2D eigenvalue weighted by atomic mass is 9.81. The van der Waals surface area contributed by atoms with E-state index in [1.807, 2.05) is 25.1 Å². The molecule has 5 rings (SSSR count). The van der Waals surface area contributed by atoms with E-state index < -0.39 is 5.91 Å². The predicted octanol–water partition coefficient (Wildman–Crippen LogP) is 8.33. The predicted molar refractivity (Wildman–Crippen MR) is 162 cm³/mol. The zero-order valence-electron chi connectivity index (χ0n) is 23.6. The molecule has 2 heterocycles. The van der Waals surface area contributed by atoms with E-state index in [0.717, 1.165) is 44.9 Å². The van der Waals surface area contributed by atoms with Crippen molar-refractivity contribution in [2.24, 2.45) is 10.7 Å². The zero-order valence-corrected chi connectivity index (χ0v) is 23.6. The van der Waals surface area contributed by atoms with Gasteiger partial charge in [0, 0.05) is 33.3 Å². The number of primary amides is 1. The van der Waals surface area contributed by atoms with Crippen molar-refractivity contribution >= 4 is 28.2 Å². The fourth-order valence-electron chi connectivity index (χ4n) is 6.22. The van der Waals surface area contributed by atoms with Crippen LogP contribution in [0.25, 0.3) is 22.2 Å². The Morgan fingerprint density at radius 1 is 1.13 bits per heavy atom. The highest BCUT2D eigenvalue weighted by atomic mass is 16.5. The summed E-state index contributed by atoms with van der Waals surface area (Å²) in [6, 6.07) is 10.2. The van der Waals surface area contributed by atoms with Crippen LogP contribution in [0.15, 0.2) is 71.3 Å². The Morgan fingerprint density at radius 2 is 1.90 bits per heavy atom. The minimum absolute atomic E-state index is 0.398. The third-order valence-electron chi connectivity index (χ3n) is 8.28. The van der Waals surface area contributed by atoms with Gasteiger partial charge in [-0.2, -0.15) is 0 Å². The van der Waals surface area contributed by atoms with Crippen LogP contribution in [0.3, 0.4) is 0 Å². The number of fused-ring (bicyclic) bond motifs is 5. The van der Waals surface area contributed by atoms with E-state index in [2.05, 4.69) is 56.2 Å². The summed E-state index contributed by atoms with van der Waals surface area (Å²) in [5.41, 5.74) is 16.2. The van der Waals surface area contributed by atoms with Crippen LogP contribution in [-0.4, -0.2) is 22.8 Å². The van der Waals surface area contributed by atoms with Crippen LogP contribution in [0.2, 0.25) is 0 Å². The highest BCUT2D eigenvalue weighted by Crippen LogP contribution is 2.49. The van der Waals surface area contributed by atoms with Gasteiger partial charge in [-0.15, -0.1) is 0 Å². The van der Waals surface area contributed by atoms with E-state index in [-0.39, 0.29) is 0 Å². The number of nitrogens with zero attached hydrogens (tertiary/aromatic N) is 2. The molecule has 0 atom stereocenters. The van der Waals surface area contributed by atoms with E-state index in [9.17, 15) is 4.79 Å². The molecule has 2 aromatic carbocycles. The van der Waals surface area contributed by atoms with Gasteiger partial charge in [0.2, 0.25) is 5.91 Å². The highest BCUT2D eigenvalue weighted by Gasteiger charge is 2.30. The average Bonchev–Trinajstić information content (AvgIpc) is 3.11. The van der Waals surface area contributed by atoms with Crippen molar-refractivity contribution in [2.75, 3.05) is 6.61 Å². The molecule has 2 aliphatic rings. The molecule has 1 saturated carbocycles. The number of hydrogen-bond acceptors (Lipinski definition) is 3. The molecule has 3 aromatic rings. The summed E-state index contributed by atoms with van der Waals surface area (Å²) in [5.74, 6) is 0.995. The average molecular weight is 522 g/mol. The van der Waals surface area contributed by atoms with Crippen LogP contribution >= 0.6 is 0 Å². The Balaban J connectivity index is 1.68. The molecular weight excluding hydrogens is 482 g/mol. The van der Waals surface area contributed by atoms with Gasteiger partial charge in [-0.05, 0) is 81.9 Å². The van der Waals surface area contributed by atoms with Crippen molar-refractivity contribution in [3.8, 4) is 17.0 Å². The third kappa shape index (κ3) is 5.10. The van der Waals surface area contributed by atoms with Gasteiger partial charge in [0.15, 0.2) is 0 Å². The van der Waals surface area contributed by atoms with Crippen molar-refractivity contribution in [1.29, 1.82) is 0 Å². The molecule has 0 radical (unpaired) electrons. The van der Waals surface area contributed by atoms with Crippen LogP contribution in [0.4, 0.5) is 5.69 Å². The Hall–Kier alpha value is -3.86. The van der Waals surface area contributed by atoms with Crippen molar-refractivity contribution in [2.45, 2.75) is 72.3 Å². The minimum Gasteiger partial charge on any atom is -0.491 e. The van der Waals surface area contributed by atoms with Gasteiger partial charge in [0.25, 0.3) is 0 Å². The van der Waals surface area contributed by atoms with E-state index >= 15 is 0 Å². The maximum Gasteiger partial charge on any atom is 0.248 e. The van der Waals surface area contributed by atoms with E-state index in [0.29, 0.717) is 24.6 Å². The number of carbonyl (C=O) groups excluding carboxylic acids is 1. The second-order valence-electron chi connectivity index (χ2n) is 11.0. The molecule has 1 fully saturated rings. The first-order valence-electron chi connectivity index (χ1n) is 14.1. The molecule has 0 unspecified atom stereocenters. The number of carbonyl (C=O) groups is 1. The molecular formula is C34H39N3O2. The fraction of sp³-hybridized carbons (Fsp3) is 0.353. The first kappa shape index (κ1) is 26.7. The van der Waals surface area contributed by atoms with E-state index in [1.54, 1.807) is 6.08 Å². The number of aliphatic imine (C=N–C) groups is 1. The number of nitrogens with two attached hydrogens (primary N) is 1. The quantitative estimate of drug-likeness (QED) is 0.262. The molecule has 1 amide bonds. The minimum atomic E-state index is -0.398. The SMILES string of the molecule is C=C/C=C(C)\C=C(/C)C(C)=Nc1ccc2c(c1C)OCCn1c-2c(C2CCCCC2)c2ccc(C(N)=O)cc21. The molecule has 1 aromatic heterocycles. The maximum atomic E-state index is 12.1. The molecule has 39 heavy (non-hydrogen) atoms. The normalized spacial score (nSPS) is 16.9. The molecule has 5 nitrogen and oxygen atoms in total. The number of hydrogen-bond donors (Lipinski definition) is 1. The lowest BCUT2D eigenvalue weighted by Gasteiger charge is -2.24. The highest BCUT2D eigenvalue weighted by molar-refractivity contribution is 6.02. The van der Waals surface area contributed by atoms with Gasteiger partial charge in [0.05, 0.1) is 17.9 Å².